The maximum atomic E-state index is 11.1. The summed E-state index contributed by atoms with van der Waals surface area (Å²) in [6, 6.07) is 3.60. The van der Waals surface area contributed by atoms with Gasteiger partial charge < -0.3 is 15.2 Å². The van der Waals surface area contributed by atoms with Crippen molar-refractivity contribution in [1.82, 2.24) is 0 Å². The Labute approximate surface area is 105 Å². The molecule has 0 bridgehead atoms. The second-order valence-electron chi connectivity index (χ2n) is 3.48. The largest absolute Gasteiger partial charge is 0.506 e. The summed E-state index contributed by atoms with van der Waals surface area (Å²) in [7, 11) is -2.57. The van der Waals surface area contributed by atoms with Gasteiger partial charge >= 0.3 is 5.97 Å². The zero-order valence-electron chi connectivity index (χ0n) is 9.71. The van der Waals surface area contributed by atoms with Gasteiger partial charge in [0.2, 0.25) is 10.0 Å². The summed E-state index contributed by atoms with van der Waals surface area (Å²) in [5, 5.41) is 17.2. The molecule has 0 aliphatic rings. The van der Waals surface area contributed by atoms with E-state index in [1.54, 1.807) is 0 Å². The quantitative estimate of drug-likeness (QED) is 0.514. The Kier molecular flexibility index (Phi) is 4.51. The monoisotopic (exact) mass is 274 g/mol. The van der Waals surface area contributed by atoms with Crippen LogP contribution in [0, 0.1) is 0 Å². The molecule has 1 aromatic carbocycles. The number of rotatable bonds is 5. The Morgan fingerprint density at radius 3 is 2.72 bits per heavy atom. The van der Waals surface area contributed by atoms with Gasteiger partial charge in [0.15, 0.2) is 0 Å². The number of esters is 1. The van der Waals surface area contributed by atoms with Gasteiger partial charge in [0, 0.05) is 6.54 Å². The first-order valence-corrected chi connectivity index (χ1v) is 6.55. The van der Waals surface area contributed by atoms with E-state index in [4.69, 9.17) is 5.14 Å². The lowest BCUT2D eigenvalue weighted by molar-refractivity contribution is -0.140. The van der Waals surface area contributed by atoms with Gasteiger partial charge in [-0.2, -0.15) is 0 Å². The highest BCUT2D eigenvalue weighted by Gasteiger charge is 2.11. The van der Waals surface area contributed by atoms with E-state index in [1.165, 1.54) is 25.3 Å². The number of hydrogen-bond acceptors (Lipinski definition) is 6. The summed E-state index contributed by atoms with van der Waals surface area (Å²) < 4.78 is 26.7. The van der Waals surface area contributed by atoms with E-state index in [-0.39, 0.29) is 29.3 Å². The molecule has 0 heterocycles. The molecule has 1 aromatic rings. The Hall–Kier alpha value is -1.80. The van der Waals surface area contributed by atoms with Gasteiger partial charge in [0.05, 0.1) is 24.1 Å². The second kappa shape index (κ2) is 5.69. The van der Waals surface area contributed by atoms with Crippen molar-refractivity contribution in [2.75, 3.05) is 19.0 Å². The predicted molar refractivity (Wildman–Crippen MR) is 64.6 cm³/mol. The van der Waals surface area contributed by atoms with Crippen LogP contribution in [0.4, 0.5) is 5.69 Å². The summed E-state index contributed by atoms with van der Waals surface area (Å²) in [4.78, 5) is 10.7. The third-order valence-electron chi connectivity index (χ3n) is 2.17. The normalized spacial score (nSPS) is 11.0. The highest BCUT2D eigenvalue weighted by molar-refractivity contribution is 7.89. The van der Waals surface area contributed by atoms with Crippen LogP contribution in [0.5, 0.6) is 5.75 Å². The molecule has 0 unspecified atom stereocenters. The average Bonchev–Trinajstić information content (AvgIpc) is 2.29. The summed E-state index contributed by atoms with van der Waals surface area (Å²) in [5.74, 6) is -0.545. The molecule has 0 atom stereocenters. The molecule has 0 aromatic heterocycles. The van der Waals surface area contributed by atoms with Crippen molar-refractivity contribution in [1.29, 1.82) is 0 Å². The van der Waals surface area contributed by atoms with E-state index in [1.807, 2.05) is 0 Å². The van der Waals surface area contributed by atoms with Crippen LogP contribution in [0.25, 0.3) is 0 Å². The molecule has 100 valence electrons. The molecule has 7 nitrogen and oxygen atoms in total. The van der Waals surface area contributed by atoms with Crippen molar-refractivity contribution >= 4 is 21.7 Å². The first-order valence-electron chi connectivity index (χ1n) is 5.01. The summed E-state index contributed by atoms with van der Waals surface area (Å²) in [6.45, 7) is 0.203. The maximum Gasteiger partial charge on any atom is 0.307 e. The second-order valence-corrected chi connectivity index (χ2v) is 5.04. The minimum absolute atomic E-state index is 0.0928. The van der Waals surface area contributed by atoms with E-state index in [2.05, 4.69) is 10.1 Å². The van der Waals surface area contributed by atoms with Gasteiger partial charge in [-0.1, -0.05) is 0 Å². The number of phenols is 1. The van der Waals surface area contributed by atoms with Crippen LogP contribution >= 0.6 is 0 Å². The molecule has 18 heavy (non-hydrogen) atoms. The van der Waals surface area contributed by atoms with Crippen LogP contribution in [-0.2, 0) is 19.6 Å². The highest BCUT2D eigenvalue weighted by atomic mass is 32.2. The Balaban J connectivity index is 2.79. The summed E-state index contributed by atoms with van der Waals surface area (Å²) in [5.41, 5.74) is 0.186. The lowest BCUT2D eigenvalue weighted by Crippen LogP contribution is -2.13. The van der Waals surface area contributed by atoms with E-state index >= 15 is 0 Å². The van der Waals surface area contributed by atoms with Gasteiger partial charge in [0.1, 0.15) is 5.75 Å². The van der Waals surface area contributed by atoms with Crippen molar-refractivity contribution in [3.05, 3.63) is 18.2 Å². The minimum Gasteiger partial charge on any atom is -0.506 e. The number of nitrogens with two attached hydrogens (primary N) is 1. The molecule has 0 saturated heterocycles. The fourth-order valence-electron chi connectivity index (χ4n) is 1.24. The number of ether oxygens (including phenoxy) is 1. The zero-order valence-corrected chi connectivity index (χ0v) is 10.5. The third kappa shape index (κ3) is 3.90. The lowest BCUT2D eigenvalue weighted by Gasteiger charge is -2.09. The summed E-state index contributed by atoms with van der Waals surface area (Å²) >= 11 is 0. The van der Waals surface area contributed by atoms with Crippen molar-refractivity contribution in [2.45, 2.75) is 11.3 Å². The SMILES string of the molecule is COC(=O)CCNc1cc(S(N)(=O)=O)ccc1O. The first kappa shape index (κ1) is 14.3. The number of benzene rings is 1. The van der Waals surface area contributed by atoms with Crippen LogP contribution < -0.4 is 10.5 Å². The van der Waals surface area contributed by atoms with E-state index in [0.29, 0.717) is 0 Å². The average molecular weight is 274 g/mol. The number of carbonyl (C=O) groups excluding carboxylic acids is 1. The molecule has 1 rings (SSSR count). The van der Waals surface area contributed by atoms with Crippen molar-refractivity contribution in [3.8, 4) is 5.75 Å². The van der Waals surface area contributed by atoms with E-state index in [0.717, 1.165) is 0 Å². The van der Waals surface area contributed by atoms with Gasteiger partial charge in [-0.3, -0.25) is 4.79 Å². The van der Waals surface area contributed by atoms with Gasteiger partial charge in [0.25, 0.3) is 0 Å². The Morgan fingerprint density at radius 1 is 1.50 bits per heavy atom. The number of phenolic OH excluding ortho intramolecular Hbond substituents is 1. The van der Waals surface area contributed by atoms with Crippen molar-refractivity contribution in [3.63, 3.8) is 0 Å². The van der Waals surface area contributed by atoms with Crippen LogP contribution in [0.2, 0.25) is 0 Å². The number of primary sulfonamides is 1. The molecule has 0 radical (unpaired) electrons. The molecule has 8 heteroatoms. The molecular weight excluding hydrogens is 260 g/mol. The maximum absolute atomic E-state index is 11.1. The molecule has 0 saturated carbocycles. The molecule has 0 fully saturated rings. The smallest absolute Gasteiger partial charge is 0.307 e. The van der Waals surface area contributed by atoms with Crippen LogP contribution in [0.15, 0.2) is 23.1 Å². The van der Waals surface area contributed by atoms with Crippen LogP contribution in [0.3, 0.4) is 0 Å². The molecule has 4 N–H and O–H groups in total. The summed E-state index contributed by atoms with van der Waals surface area (Å²) in [6.07, 6.45) is 0.0928. The lowest BCUT2D eigenvalue weighted by atomic mass is 10.3. The molecular formula is C10H14N2O5S. The number of sulfonamides is 1. The number of aromatic hydroxyl groups is 1. The molecule has 0 amide bonds. The fourth-order valence-corrected chi connectivity index (χ4v) is 1.77. The van der Waals surface area contributed by atoms with Crippen molar-refractivity contribution < 1.29 is 23.1 Å². The number of anilines is 1. The van der Waals surface area contributed by atoms with Crippen LogP contribution in [0.1, 0.15) is 6.42 Å². The first-order chi connectivity index (χ1) is 8.34. The van der Waals surface area contributed by atoms with E-state index in [9.17, 15) is 18.3 Å². The third-order valence-corrected chi connectivity index (χ3v) is 3.08. The van der Waals surface area contributed by atoms with Crippen molar-refractivity contribution in [2.24, 2.45) is 5.14 Å². The molecule has 0 aliphatic carbocycles. The van der Waals surface area contributed by atoms with E-state index < -0.39 is 16.0 Å². The topological polar surface area (TPSA) is 119 Å². The molecule has 0 aliphatic heterocycles. The minimum atomic E-state index is -3.83. The highest BCUT2D eigenvalue weighted by Crippen LogP contribution is 2.25. The standard InChI is InChI=1S/C10H14N2O5S/c1-17-10(14)4-5-12-8-6-7(18(11,15)16)2-3-9(8)13/h2-3,6,12-13H,4-5H2,1H3,(H2,11,15,16). The number of hydrogen-bond donors (Lipinski definition) is 3. The predicted octanol–water partition coefficient (Wildman–Crippen LogP) is 0.0146. The Bertz CT molecular complexity index is 541. The van der Waals surface area contributed by atoms with Gasteiger partial charge in [-0.05, 0) is 18.2 Å². The van der Waals surface area contributed by atoms with Crippen LogP contribution in [-0.4, -0.2) is 33.1 Å². The Morgan fingerprint density at radius 2 is 2.17 bits per heavy atom. The van der Waals surface area contributed by atoms with Gasteiger partial charge in [-0.15, -0.1) is 0 Å². The fraction of sp³-hybridized carbons (Fsp3) is 0.300. The zero-order chi connectivity index (χ0) is 13.8. The number of carbonyl (C=O) groups is 1. The van der Waals surface area contributed by atoms with Gasteiger partial charge in [-0.25, -0.2) is 13.6 Å². The number of methoxy groups -OCH3 is 1. The molecule has 0 spiro atoms. The number of nitrogens with one attached hydrogen (secondary N) is 1.